The second-order valence-electron chi connectivity index (χ2n) is 6.84. The van der Waals surface area contributed by atoms with Crippen molar-refractivity contribution in [2.45, 2.75) is 77.7 Å². The van der Waals surface area contributed by atoms with Gasteiger partial charge in [0.25, 0.3) is 0 Å². The van der Waals surface area contributed by atoms with Gasteiger partial charge in [-0.25, -0.2) is 0 Å². The Hall–Kier alpha value is -2.20. The first-order chi connectivity index (χ1) is 12.9. The molecule has 10 heteroatoms. The maximum absolute atomic E-state index is 13.1. The van der Waals surface area contributed by atoms with E-state index in [1.165, 1.54) is 30.7 Å². The van der Waals surface area contributed by atoms with Crippen LogP contribution in [0.2, 0.25) is 0 Å². The van der Waals surface area contributed by atoms with Gasteiger partial charge in [-0.05, 0) is 33.6 Å². The lowest BCUT2D eigenvalue weighted by Crippen LogP contribution is -2.60. The normalized spacial score (nSPS) is 16.3. The highest BCUT2D eigenvalue weighted by Gasteiger charge is 2.36. The fourth-order valence-electron chi connectivity index (χ4n) is 3.04. The van der Waals surface area contributed by atoms with E-state index in [0.29, 0.717) is 6.42 Å². The zero-order valence-corrected chi connectivity index (χ0v) is 17.6. The van der Waals surface area contributed by atoms with Crippen LogP contribution in [0, 0.1) is 0 Å². The van der Waals surface area contributed by atoms with Crippen molar-refractivity contribution in [1.29, 1.82) is 0 Å². The maximum Gasteiger partial charge on any atom is 0.246 e. The molecule has 0 spiro atoms. The van der Waals surface area contributed by atoms with Crippen molar-refractivity contribution in [3.05, 3.63) is 0 Å². The van der Waals surface area contributed by atoms with E-state index in [-0.39, 0.29) is 18.9 Å². The van der Waals surface area contributed by atoms with Crippen LogP contribution in [-0.4, -0.2) is 82.4 Å². The number of likely N-dealkylation sites (N-methyl/N-ethyl adjacent to an activating group) is 2. The number of hydrogen-bond acceptors (Lipinski definition) is 6. The third kappa shape index (κ3) is 6.45. The first kappa shape index (κ1) is 25.8. The zero-order valence-electron chi connectivity index (χ0n) is 17.6. The Labute approximate surface area is 166 Å². The van der Waals surface area contributed by atoms with Crippen molar-refractivity contribution < 1.29 is 24.3 Å². The van der Waals surface area contributed by atoms with E-state index >= 15 is 0 Å². The third-order valence-electron chi connectivity index (χ3n) is 4.65. The van der Waals surface area contributed by atoms with Crippen molar-refractivity contribution in [1.82, 2.24) is 15.1 Å². The average Bonchev–Trinajstić information content (AvgIpc) is 2.62. The van der Waals surface area contributed by atoms with Gasteiger partial charge in [-0.15, -0.1) is 0 Å². The first-order valence-corrected chi connectivity index (χ1v) is 9.54. The van der Waals surface area contributed by atoms with Crippen molar-refractivity contribution in [3.63, 3.8) is 0 Å². The van der Waals surface area contributed by atoms with E-state index in [2.05, 4.69) is 5.32 Å². The van der Waals surface area contributed by atoms with Gasteiger partial charge in [0.1, 0.15) is 18.1 Å². The lowest BCUT2D eigenvalue weighted by molar-refractivity contribution is -0.149. The smallest absolute Gasteiger partial charge is 0.246 e. The van der Waals surface area contributed by atoms with Gasteiger partial charge in [-0.1, -0.05) is 13.8 Å². The van der Waals surface area contributed by atoms with E-state index in [1.54, 1.807) is 20.8 Å². The van der Waals surface area contributed by atoms with Crippen LogP contribution in [0.4, 0.5) is 0 Å². The van der Waals surface area contributed by atoms with Crippen LogP contribution >= 0.6 is 0 Å². The molecular weight excluding hydrogens is 366 g/mol. The molecule has 0 aliphatic heterocycles. The Balaban J connectivity index is 5.61. The number of nitrogens with two attached hydrogens (primary N) is 2. The molecule has 0 aliphatic carbocycles. The molecule has 4 amide bonds. The molecule has 0 rings (SSSR count). The third-order valence-corrected chi connectivity index (χ3v) is 4.65. The van der Waals surface area contributed by atoms with Crippen LogP contribution < -0.4 is 16.8 Å². The highest BCUT2D eigenvalue weighted by atomic mass is 16.3. The van der Waals surface area contributed by atoms with Gasteiger partial charge < -0.3 is 31.7 Å². The maximum atomic E-state index is 13.1. The van der Waals surface area contributed by atoms with Crippen LogP contribution in [0.25, 0.3) is 0 Å². The van der Waals surface area contributed by atoms with Gasteiger partial charge >= 0.3 is 0 Å². The summed E-state index contributed by atoms with van der Waals surface area (Å²) in [6.07, 6.45) is -0.555. The summed E-state index contributed by atoms with van der Waals surface area (Å²) in [4.78, 5) is 52.1. The van der Waals surface area contributed by atoms with Crippen LogP contribution in [0.3, 0.4) is 0 Å². The summed E-state index contributed by atoms with van der Waals surface area (Å²) >= 11 is 0. The van der Waals surface area contributed by atoms with Gasteiger partial charge in [0.15, 0.2) is 0 Å². The fraction of sp³-hybridized carbons (Fsp3) is 0.778. The number of amides is 4. The molecule has 10 nitrogen and oxygen atoms in total. The summed E-state index contributed by atoms with van der Waals surface area (Å²) in [6.45, 7) is 8.29. The van der Waals surface area contributed by atoms with Gasteiger partial charge in [0, 0.05) is 13.6 Å². The van der Waals surface area contributed by atoms with Gasteiger partial charge in [0.05, 0.1) is 12.1 Å². The largest absolute Gasteiger partial charge is 0.391 e. The van der Waals surface area contributed by atoms with Crippen LogP contribution in [0.5, 0.6) is 0 Å². The topological polar surface area (TPSA) is 159 Å². The molecule has 0 fully saturated rings. The van der Waals surface area contributed by atoms with Crippen LogP contribution in [0.1, 0.15) is 47.5 Å². The molecule has 0 aliphatic rings. The molecule has 5 atom stereocenters. The molecule has 0 saturated heterocycles. The molecule has 0 aromatic heterocycles. The van der Waals surface area contributed by atoms with Crippen LogP contribution in [0.15, 0.2) is 0 Å². The minimum atomic E-state index is -1.26. The Morgan fingerprint density at radius 2 is 1.50 bits per heavy atom. The number of rotatable bonds is 11. The Morgan fingerprint density at radius 3 is 1.82 bits per heavy atom. The first-order valence-electron chi connectivity index (χ1n) is 9.54. The number of carbonyl (C=O) groups is 4. The predicted molar refractivity (Wildman–Crippen MR) is 105 cm³/mol. The number of aliphatic hydroxyl groups is 1. The molecule has 162 valence electrons. The van der Waals surface area contributed by atoms with E-state index in [9.17, 15) is 24.3 Å². The van der Waals surface area contributed by atoms with E-state index in [0.717, 1.165) is 0 Å². The molecule has 0 saturated carbocycles. The molecule has 0 aromatic rings. The average molecular weight is 402 g/mol. The summed E-state index contributed by atoms with van der Waals surface area (Å²) in [5.41, 5.74) is 10.9. The van der Waals surface area contributed by atoms with Crippen molar-refractivity contribution >= 4 is 23.6 Å². The molecular formula is C18H35N5O5. The number of hydrogen-bond donors (Lipinski definition) is 4. The molecule has 0 bridgehead atoms. The monoisotopic (exact) mass is 401 g/mol. The summed E-state index contributed by atoms with van der Waals surface area (Å²) in [7, 11) is 1.50. The summed E-state index contributed by atoms with van der Waals surface area (Å²) in [5, 5.41) is 12.1. The van der Waals surface area contributed by atoms with E-state index < -0.39 is 48.0 Å². The fourth-order valence-corrected chi connectivity index (χ4v) is 3.04. The second kappa shape index (κ2) is 11.6. The van der Waals surface area contributed by atoms with Crippen molar-refractivity contribution in [3.8, 4) is 0 Å². The number of aliphatic hydroxyl groups excluding tert-OH is 1. The molecule has 0 radical (unpaired) electrons. The molecule has 28 heavy (non-hydrogen) atoms. The van der Waals surface area contributed by atoms with E-state index in [4.69, 9.17) is 11.5 Å². The molecule has 6 N–H and O–H groups in total. The van der Waals surface area contributed by atoms with Gasteiger partial charge in [-0.3, -0.25) is 19.2 Å². The summed E-state index contributed by atoms with van der Waals surface area (Å²) in [5.74, 6) is -2.24. The lowest BCUT2D eigenvalue weighted by atomic mass is 10.1. The number of primary amides is 1. The number of nitrogens with zero attached hydrogens (tertiary/aromatic N) is 2. The predicted octanol–water partition coefficient (Wildman–Crippen LogP) is -1.45. The minimum absolute atomic E-state index is 0.220. The van der Waals surface area contributed by atoms with Crippen molar-refractivity contribution in [2.75, 3.05) is 13.6 Å². The highest BCUT2D eigenvalue weighted by molar-refractivity contribution is 5.94. The lowest BCUT2D eigenvalue weighted by Gasteiger charge is -2.36. The van der Waals surface area contributed by atoms with Crippen molar-refractivity contribution in [2.24, 2.45) is 11.5 Å². The Bertz CT molecular complexity index is 567. The quantitative estimate of drug-likeness (QED) is 0.331. The summed E-state index contributed by atoms with van der Waals surface area (Å²) < 4.78 is 0. The minimum Gasteiger partial charge on any atom is -0.391 e. The highest BCUT2D eigenvalue weighted by Crippen LogP contribution is 2.14. The standard InChI is InChI=1S/C18H35N5O5/c1-7-12(16(26)21-14(11(5)24)15(20)25)23(9-3)18(28)13(8-2)22(6)17(27)10(4)19/h10-14,24H,7-9,19H2,1-6H3,(H2,20,25)(H,21,26)/t10-,11+,12-,13+,14-/m0/s1. The van der Waals surface area contributed by atoms with Gasteiger partial charge in [-0.2, -0.15) is 0 Å². The van der Waals surface area contributed by atoms with Gasteiger partial charge in [0.2, 0.25) is 23.6 Å². The SMILES string of the molecule is CC[C@H](C(=O)N(CC)[C@@H](CC)C(=O)N[C@H](C(N)=O)[C@@H](C)O)N(C)C(=O)[C@H](C)N. The van der Waals surface area contributed by atoms with E-state index in [1.807, 2.05) is 0 Å². The molecule has 0 aromatic carbocycles. The molecule has 0 heterocycles. The second-order valence-corrected chi connectivity index (χ2v) is 6.84. The number of carbonyl (C=O) groups excluding carboxylic acids is 4. The summed E-state index contributed by atoms with van der Waals surface area (Å²) in [6, 6.07) is -3.68. The van der Waals surface area contributed by atoms with Crippen LogP contribution in [-0.2, 0) is 19.2 Å². The number of nitrogens with one attached hydrogen (secondary N) is 1. The molecule has 0 unspecified atom stereocenters. The zero-order chi connectivity index (χ0) is 22.2. The Kier molecular flexibility index (Phi) is 10.7. The Morgan fingerprint density at radius 1 is 1.00 bits per heavy atom.